The molecule has 0 heterocycles. The normalized spacial score (nSPS) is 12.5. The molecule has 1 unspecified atom stereocenters. The zero-order valence-electron chi connectivity index (χ0n) is 7.88. The molecule has 13 heavy (non-hydrogen) atoms. The average molecular weight is 241 g/mol. The van der Waals surface area contributed by atoms with E-state index in [0.29, 0.717) is 12.3 Å². The molecule has 0 aromatic heterocycles. The highest BCUT2D eigenvalue weighted by atomic mass is 79.9. The maximum Gasteiger partial charge on any atom is 0.120 e. The Balaban J connectivity index is 2.89. The second-order valence-electron chi connectivity index (χ2n) is 3.31. The fourth-order valence-electron chi connectivity index (χ4n) is 1.25. The fourth-order valence-corrected chi connectivity index (χ4v) is 1.50. The number of hydrogen-bond acceptors (Lipinski definition) is 1. The summed E-state index contributed by atoms with van der Waals surface area (Å²) in [5, 5.41) is 0. The van der Waals surface area contributed by atoms with Crippen LogP contribution in [0.3, 0.4) is 0 Å². The number of carbonyl (C=O) groups is 1. The van der Waals surface area contributed by atoms with Crippen LogP contribution in [0.25, 0.3) is 0 Å². The minimum atomic E-state index is 0.323. The van der Waals surface area contributed by atoms with Crippen molar-refractivity contribution in [2.75, 3.05) is 0 Å². The number of carbonyl (C=O) groups excluding carboxylic acids is 1. The third kappa shape index (κ3) is 2.66. The number of benzene rings is 1. The Morgan fingerprint density at radius 2 is 2.23 bits per heavy atom. The summed E-state index contributed by atoms with van der Waals surface area (Å²) in [6.07, 6.45) is 1.57. The van der Waals surface area contributed by atoms with Crippen LogP contribution < -0.4 is 0 Å². The van der Waals surface area contributed by atoms with Crippen LogP contribution in [0.2, 0.25) is 0 Å². The van der Waals surface area contributed by atoms with Gasteiger partial charge in [-0.15, -0.1) is 0 Å². The predicted molar refractivity (Wildman–Crippen MR) is 58.0 cm³/mol. The Morgan fingerprint density at radius 3 is 2.77 bits per heavy atom. The van der Waals surface area contributed by atoms with Crippen molar-refractivity contribution in [3.05, 3.63) is 33.8 Å². The Bertz CT molecular complexity index is 307. The lowest BCUT2D eigenvalue weighted by atomic mass is 9.97. The lowest BCUT2D eigenvalue weighted by molar-refractivity contribution is -0.108. The molecule has 1 nitrogen and oxygen atoms in total. The molecule has 1 atom stereocenters. The van der Waals surface area contributed by atoms with Crippen LogP contribution in [0.15, 0.2) is 22.7 Å². The van der Waals surface area contributed by atoms with Gasteiger partial charge in [0.25, 0.3) is 0 Å². The van der Waals surface area contributed by atoms with E-state index in [1.165, 1.54) is 11.1 Å². The number of halogens is 1. The molecule has 0 saturated carbocycles. The number of aryl methyl sites for hydroxylation is 1. The molecule has 70 valence electrons. The van der Waals surface area contributed by atoms with Crippen molar-refractivity contribution in [2.45, 2.75) is 26.2 Å². The SMILES string of the molecule is Cc1cc(C(C)CC=O)ccc1Br. The van der Waals surface area contributed by atoms with E-state index in [0.717, 1.165) is 10.8 Å². The van der Waals surface area contributed by atoms with Crippen LogP contribution in [-0.4, -0.2) is 6.29 Å². The molecule has 2 heteroatoms. The van der Waals surface area contributed by atoms with E-state index in [1.807, 2.05) is 6.07 Å². The molecule has 0 saturated heterocycles. The van der Waals surface area contributed by atoms with E-state index in [-0.39, 0.29) is 0 Å². The van der Waals surface area contributed by atoms with Crippen LogP contribution in [0.4, 0.5) is 0 Å². The van der Waals surface area contributed by atoms with Gasteiger partial charge in [0.1, 0.15) is 6.29 Å². The van der Waals surface area contributed by atoms with Gasteiger partial charge in [-0.05, 0) is 30.0 Å². The van der Waals surface area contributed by atoms with Gasteiger partial charge in [-0.1, -0.05) is 35.0 Å². The second kappa shape index (κ2) is 4.56. The number of rotatable bonds is 3. The lowest BCUT2D eigenvalue weighted by Gasteiger charge is -2.09. The highest BCUT2D eigenvalue weighted by Gasteiger charge is 2.05. The zero-order valence-corrected chi connectivity index (χ0v) is 9.47. The Hall–Kier alpha value is -0.630. The first-order valence-corrected chi connectivity index (χ1v) is 5.14. The topological polar surface area (TPSA) is 17.1 Å². The van der Waals surface area contributed by atoms with Gasteiger partial charge in [-0.3, -0.25) is 0 Å². The molecule has 0 aliphatic rings. The van der Waals surface area contributed by atoms with Crippen molar-refractivity contribution in [1.82, 2.24) is 0 Å². The first-order valence-electron chi connectivity index (χ1n) is 4.35. The smallest absolute Gasteiger partial charge is 0.120 e. The van der Waals surface area contributed by atoms with Crippen molar-refractivity contribution >= 4 is 22.2 Å². The van der Waals surface area contributed by atoms with E-state index < -0.39 is 0 Å². The monoisotopic (exact) mass is 240 g/mol. The van der Waals surface area contributed by atoms with Crippen molar-refractivity contribution in [2.24, 2.45) is 0 Å². The highest BCUT2D eigenvalue weighted by molar-refractivity contribution is 9.10. The third-order valence-electron chi connectivity index (χ3n) is 2.20. The molecule has 0 spiro atoms. The summed E-state index contributed by atoms with van der Waals surface area (Å²) < 4.78 is 1.12. The summed E-state index contributed by atoms with van der Waals surface area (Å²) >= 11 is 3.45. The maximum absolute atomic E-state index is 10.3. The molecule has 0 aliphatic carbocycles. The summed E-state index contributed by atoms with van der Waals surface area (Å²) in [6.45, 7) is 4.12. The first-order chi connectivity index (χ1) is 6.15. The van der Waals surface area contributed by atoms with Crippen molar-refractivity contribution in [3.63, 3.8) is 0 Å². The minimum Gasteiger partial charge on any atom is -0.303 e. The van der Waals surface area contributed by atoms with E-state index in [2.05, 4.69) is 41.9 Å². The molecular formula is C11H13BrO. The molecule has 0 radical (unpaired) electrons. The average Bonchev–Trinajstić information content (AvgIpc) is 2.10. The van der Waals surface area contributed by atoms with Crippen LogP contribution >= 0.6 is 15.9 Å². The zero-order chi connectivity index (χ0) is 9.84. The second-order valence-corrected chi connectivity index (χ2v) is 4.17. The molecule has 0 bridgehead atoms. The van der Waals surface area contributed by atoms with E-state index >= 15 is 0 Å². The van der Waals surface area contributed by atoms with Crippen molar-refractivity contribution in [1.29, 1.82) is 0 Å². The Labute approximate surface area is 87.3 Å². The van der Waals surface area contributed by atoms with Gasteiger partial charge in [0.15, 0.2) is 0 Å². The fraction of sp³-hybridized carbons (Fsp3) is 0.364. The van der Waals surface area contributed by atoms with Crippen molar-refractivity contribution < 1.29 is 4.79 Å². The van der Waals surface area contributed by atoms with Gasteiger partial charge in [0.2, 0.25) is 0 Å². The third-order valence-corrected chi connectivity index (χ3v) is 3.09. The number of hydrogen-bond donors (Lipinski definition) is 0. The summed E-state index contributed by atoms with van der Waals surface area (Å²) in [5.41, 5.74) is 2.45. The summed E-state index contributed by atoms with van der Waals surface area (Å²) in [6, 6.07) is 6.22. The molecule has 1 rings (SSSR count). The number of aldehydes is 1. The van der Waals surface area contributed by atoms with Gasteiger partial charge in [0, 0.05) is 10.9 Å². The molecule has 0 aliphatic heterocycles. The molecular weight excluding hydrogens is 228 g/mol. The highest BCUT2D eigenvalue weighted by Crippen LogP contribution is 2.23. The molecule has 1 aromatic rings. The molecule has 0 amide bonds. The van der Waals surface area contributed by atoms with Crippen LogP contribution in [0.5, 0.6) is 0 Å². The van der Waals surface area contributed by atoms with Crippen LogP contribution in [0, 0.1) is 6.92 Å². The van der Waals surface area contributed by atoms with E-state index in [9.17, 15) is 4.79 Å². The van der Waals surface area contributed by atoms with Gasteiger partial charge in [-0.25, -0.2) is 0 Å². The van der Waals surface area contributed by atoms with Gasteiger partial charge < -0.3 is 4.79 Å². The van der Waals surface area contributed by atoms with Crippen LogP contribution in [-0.2, 0) is 4.79 Å². The van der Waals surface area contributed by atoms with E-state index in [1.54, 1.807) is 0 Å². The van der Waals surface area contributed by atoms with E-state index in [4.69, 9.17) is 0 Å². The summed E-state index contributed by atoms with van der Waals surface area (Å²) in [7, 11) is 0. The first kappa shape index (κ1) is 10.5. The Morgan fingerprint density at radius 1 is 1.54 bits per heavy atom. The lowest BCUT2D eigenvalue weighted by Crippen LogP contribution is -1.94. The Kier molecular flexibility index (Phi) is 3.67. The molecule has 1 aromatic carbocycles. The van der Waals surface area contributed by atoms with Gasteiger partial charge in [0.05, 0.1) is 0 Å². The van der Waals surface area contributed by atoms with Crippen molar-refractivity contribution in [3.8, 4) is 0 Å². The largest absolute Gasteiger partial charge is 0.303 e. The standard InChI is InChI=1S/C11H13BrO/c1-8(5-6-13)10-3-4-11(12)9(2)7-10/h3-4,6-8H,5H2,1-2H3. The maximum atomic E-state index is 10.3. The molecule has 0 fully saturated rings. The minimum absolute atomic E-state index is 0.323. The quantitative estimate of drug-likeness (QED) is 0.740. The van der Waals surface area contributed by atoms with Gasteiger partial charge in [-0.2, -0.15) is 0 Å². The molecule has 0 N–H and O–H groups in total. The van der Waals surface area contributed by atoms with Crippen LogP contribution in [0.1, 0.15) is 30.4 Å². The van der Waals surface area contributed by atoms with Gasteiger partial charge >= 0.3 is 0 Å². The summed E-state index contributed by atoms with van der Waals surface area (Å²) in [4.78, 5) is 10.3. The predicted octanol–water partition coefficient (Wildman–Crippen LogP) is 3.45. The summed E-state index contributed by atoms with van der Waals surface area (Å²) in [5.74, 6) is 0.323.